The van der Waals surface area contributed by atoms with Gasteiger partial charge in [0, 0.05) is 13.1 Å². The Labute approximate surface area is 154 Å². The number of hydrogen-bond donors (Lipinski definition) is 0. The highest BCUT2D eigenvalue weighted by molar-refractivity contribution is 7.13. The Morgan fingerprint density at radius 2 is 2.23 bits per heavy atom. The van der Waals surface area contributed by atoms with E-state index in [0.717, 1.165) is 18.0 Å². The normalized spacial score (nSPS) is 23.9. The number of rotatable bonds is 3. The fourth-order valence-corrected chi connectivity index (χ4v) is 4.50. The summed E-state index contributed by atoms with van der Waals surface area (Å²) in [6, 6.07) is 10.0. The summed E-state index contributed by atoms with van der Waals surface area (Å²) in [4.78, 5) is 20.2. The molecule has 1 amide bonds. The minimum absolute atomic E-state index is 0.147. The first-order chi connectivity index (χ1) is 12.5. The molecule has 2 fully saturated rings. The predicted molar refractivity (Wildman–Crippen MR) is 96.7 cm³/mol. The van der Waals surface area contributed by atoms with E-state index in [2.05, 4.69) is 17.0 Å². The van der Waals surface area contributed by atoms with E-state index in [1.165, 1.54) is 29.9 Å². The summed E-state index contributed by atoms with van der Waals surface area (Å²) in [7, 11) is 0. The molecule has 0 bridgehead atoms. The van der Waals surface area contributed by atoms with Crippen LogP contribution in [-0.4, -0.2) is 38.7 Å². The number of piperidine rings is 1. The zero-order chi connectivity index (χ0) is 17.9. The van der Waals surface area contributed by atoms with Gasteiger partial charge in [0.15, 0.2) is 5.82 Å². The fraction of sp³-hybridized carbons (Fsp3) is 0.316. The number of carbonyl (C=O) groups excluding carboxylic acids is 1. The number of halogens is 1. The molecule has 1 saturated carbocycles. The molecule has 0 radical (unpaired) electrons. The summed E-state index contributed by atoms with van der Waals surface area (Å²) in [5.41, 5.74) is 0.827. The first kappa shape index (κ1) is 15.7. The molecule has 3 aromatic rings. The van der Waals surface area contributed by atoms with Gasteiger partial charge in [-0.25, -0.2) is 14.1 Å². The number of amides is 1. The average molecular weight is 368 g/mol. The molecule has 1 aromatic carbocycles. The molecule has 1 aliphatic heterocycles. The molecular weight excluding hydrogens is 351 g/mol. The summed E-state index contributed by atoms with van der Waals surface area (Å²) in [6.07, 6.45) is 1.20. The van der Waals surface area contributed by atoms with Crippen LogP contribution in [0.25, 0.3) is 16.4 Å². The second kappa shape index (κ2) is 5.48. The Morgan fingerprint density at radius 1 is 1.35 bits per heavy atom. The van der Waals surface area contributed by atoms with Crippen LogP contribution in [0.4, 0.5) is 4.39 Å². The van der Waals surface area contributed by atoms with Crippen molar-refractivity contribution in [1.82, 2.24) is 19.7 Å². The minimum Gasteiger partial charge on any atom is -0.335 e. The maximum atomic E-state index is 13.7. The summed E-state index contributed by atoms with van der Waals surface area (Å²) >= 11 is 1.51. The van der Waals surface area contributed by atoms with Crippen molar-refractivity contribution in [2.75, 3.05) is 13.1 Å². The van der Waals surface area contributed by atoms with E-state index in [9.17, 15) is 9.18 Å². The van der Waals surface area contributed by atoms with Gasteiger partial charge in [0.2, 0.25) is 5.82 Å². The lowest BCUT2D eigenvalue weighted by Crippen LogP contribution is -2.32. The molecule has 2 aliphatic rings. The van der Waals surface area contributed by atoms with Crippen molar-refractivity contribution >= 4 is 17.2 Å². The molecule has 5 rings (SSSR count). The SMILES string of the molecule is C[C@]12C[C@H]1CN(C(=O)c1nc(-c3cccs3)n(-c3cccc(F)c3)n1)C2. The third kappa shape index (κ3) is 2.46. The second-order valence-electron chi connectivity index (χ2n) is 7.37. The number of carbonyl (C=O) groups is 1. The molecule has 2 aromatic heterocycles. The Hall–Kier alpha value is -2.54. The predicted octanol–water partition coefficient (Wildman–Crippen LogP) is 3.62. The minimum atomic E-state index is -0.351. The molecule has 0 unspecified atom stereocenters. The first-order valence-corrected chi connectivity index (χ1v) is 9.48. The summed E-state index contributed by atoms with van der Waals surface area (Å²) in [5.74, 6) is 0.836. The first-order valence-electron chi connectivity index (χ1n) is 8.60. The van der Waals surface area contributed by atoms with Crippen molar-refractivity contribution in [1.29, 1.82) is 0 Å². The zero-order valence-electron chi connectivity index (χ0n) is 14.2. The molecule has 1 saturated heterocycles. The molecule has 3 heterocycles. The van der Waals surface area contributed by atoms with E-state index in [0.29, 0.717) is 17.4 Å². The number of likely N-dealkylation sites (tertiary alicyclic amines) is 1. The quantitative estimate of drug-likeness (QED) is 0.710. The number of nitrogens with zero attached hydrogens (tertiary/aromatic N) is 4. The molecule has 7 heteroatoms. The number of hydrogen-bond acceptors (Lipinski definition) is 4. The van der Waals surface area contributed by atoms with E-state index >= 15 is 0 Å². The van der Waals surface area contributed by atoms with Crippen molar-refractivity contribution < 1.29 is 9.18 Å². The monoisotopic (exact) mass is 368 g/mol. The molecule has 2 atom stereocenters. The van der Waals surface area contributed by atoms with Crippen molar-refractivity contribution in [3.8, 4) is 16.4 Å². The lowest BCUT2D eigenvalue weighted by Gasteiger charge is -2.17. The van der Waals surface area contributed by atoms with Crippen LogP contribution in [0.2, 0.25) is 0 Å². The summed E-state index contributed by atoms with van der Waals surface area (Å²) < 4.78 is 15.3. The number of benzene rings is 1. The Bertz CT molecular complexity index is 999. The highest BCUT2D eigenvalue weighted by atomic mass is 32.1. The van der Waals surface area contributed by atoms with Crippen molar-refractivity contribution in [2.45, 2.75) is 13.3 Å². The van der Waals surface area contributed by atoms with Crippen LogP contribution in [0, 0.1) is 17.2 Å². The number of fused-ring (bicyclic) bond motifs is 1. The van der Waals surface area contributed by atoms with Gasteiger partial charge in [-0.1, -0.05) is 19.1 Å². The third-order valence-electron chi connectivity index (χ3n) is 5.41. The molecule has 0 N–H and O–H groups in total. The van der Waals surface area contributed by atoms with Crippen LogP contribution in [0.1, 0.15) is 24.0 Å². The Kier molecular flexibility index (Phi) is 3.31. The van der Waals surface area contributed by atoms with Gasteiger partial charge in [0.05, 0.1) is 10.6 Å². The van der Waals surface area contributed by atoms with Gasteiger partial charge in [0.1, 0.15) is 5.82 Å². The van der Waals surface area contributed by atoms with Crippen LogP contribution in [0.5, 0.6) is 0 Å². The highest BCUT2D eigenvalue weighted by Crippen LogP contribution is 2.57. The highest BCUT2D eigenvalue weighted by Gasteiger charge is 2.57. The fourth-order valence-electron chi connectivity index (χ4n) is 3.80. The molecule has 0 spiro atoms. The van der Waals surface area contributed by atoms with E-state index in [-0.39, 0.29) is 23.0 Å². The van der Waals surface area contributed by atoms with Crippen molar-refractivity contribution in [3.63, 3.8) is 0 Å². The zero-order valence-corrected chi connectivity index (χ0v) is 15.0. The third-order valence-corrected chi connectivity index (χ3v) is 6.28. The topological polar surface area (TPSA) is 51.0 Å². The van der Waals surface area contributed by atoms with E-state index < -0.39 is 0 Å². The maximum Gasteiger partial charge on any atom is 0.293 e. The largest absolute Gasteiger partial charge is 0.335 e. The second-order valence-corrected chi connectivity index (χ2v) is 8.32. The van der Waals surface area contributed by atoms with Gasteiger partial charge >= 0.3 is 0 Å². The Morgan fingerprint density at radius 3 is 2.92 bits per heavy atom. The van der Waals surface area contributed by atoms with Gasteiger partial charge in [-0.3, -0.25) is 4.79 Å². The van der Waals surface area contributed by atoms with E-state index in [4.69, 9.17) is 0 Å². The lowest BCUT2D eigenvalue weighted by molar-refractivity contribution is 0.0754. The number of aromatic nitrogens is 3. The van der Waals surface area contributed by atoms with Crippen LogP contribution >= 0.6 is 11.3 Å². The smallest absolute Gasteiger partial charge is 0.293 e. The van der Waals surface area contributed by atoms with Gasteiger partial charge < -0.3 is 4.90 Å². The standard InChI is InChI=1S/C19H17FN4OS/c1-19-9-12(19)10-23(11-19)18(25)16-21-17(15-6-3-7-26-15)24(22-16)14-5-2-4-13(20)8-14/h2-8,12H,9-11H2,1H3/t12-,19+/m0/s1. The Balaban J connectivity index is 1.55. The van der Waals surface area contributed by atoms with E-state index in [1.807, 2.05) is 22.4 Å². The maximum absolute atomic E-state index is 13.7. The van der Waals surface area contributed by atoms with Crippen molar-refractivity contribution in [2.24, 2.45) is 11.3 Å². The van der Waals surface area contributed by atoms with Crippen molar-refractivity contribution in [3.05, 3.63) is 53.4 Å². The van der Waals surface area contributed by atoms with Crippen LogP contribution in [0.3, 0.4) is 0 Å². The molecule has 132 valence electrons. The summed E-state index contributed by atoms with van der Waals surface area (Å²) in [5, 5.41) is 6.38. The number of thiophene rings is 1. The van der Waals surface area contributed by atoms with Crippen LogP contribution < -0.4 is 0 Å². The average Bonchev–Trinajstić information content (AvgIpc) is 3.11. The van der Waals surface area contributed by atoms with E-state index in [1.54, 1.807) is 16.8 Å². The van der Waals surface area contributed by atoms with Gasteiger partial charge in [-0.05, 0) is 47.4 Å². The molecule has 1 aliphatic carbocycles. The van der Waals surface area contributed by atoms with Crippen LogP contribution in [0.15, 0.2) is 41.8 Å². The summed E-state index contributed by atoms with van der Waals surface area (Å²) in [6.45, 7) is 3.76. The van der Waals surface area contributed by atoms with Gasteiger partial charge in [0.25, 0.3) is 5.91 Å². The molecule has 26 heavy (non-hydrogen) atoms. The molecular formula is C19H17FN4OS. The van der Waals surface area contributed by atoms with Gasteiger partial charge in [-0.15, -0.1) is 16.4 Å². The van der Waals surface area contributed by atoms with Gasteiger partial charge in [-0.2, -0.15) is 0 Å². The van der Waals surface area contributed by atoms with Crippen LogP contribution in [-0.2, 0) is 0 Å². The lowest BCUT2D eigenvalue weighted by atomic mass is 10.1. The molecule has 5 nitrogen and oxygen atoms in total.